The molecule has 0 aliphatic rings. The Kier molecular flexibility index (Phi) is 5.13. The van der Waals surface area contributed by atoms with Crippen molar-refractivity contribution in [2.75, 3.05) is 10.4 Å². The molecule has 2 aromatic carbocycles. The Morgan fingerprint density at radius 2 is 1.43 bits per heavy atom. The third-order valence-corrected chi connectivity index (χ3v) is 2.77. The van der Waals surface area contributed by atoms with Crippen LogP contribution in [-0.2, 0) is 14.4 Å². The molecule has 0 heterocycles. The fraction of sp³-hybridized carbons (Fsp3) is 0.222. The van der Waals surface area contributed by atoms with Gasteiger partial charge in [-0.25, -0.2) is 0 Å². The van der Waals surface area contributed by atoms with E-state index in [1.807, 2.05) is 32.9 Å². The third-order valence-electron chi connectivity index (χ3n) is 2.77. The normalized spacial score (nSPS) is 10.9. The van der Waals surface area contributed by atoms with E-state index in [-0.39, 0.29) is 0 Å². The highest BCUT2D eigenvalue weighted by Gasteiger charge is 2.28. The summed E-state index contributed by atoms with van der Waals surface area (Å²) in [6.07, 6.45) is 0. The third kappa shape index (κ3) is 4.93. The van der Waals surface area contributed by atoms with E-state index in [2.05, 4.69) is 5.32 Å². The van der Waals surface area contributed by atoms with Crippen molar-refractivity contribution in [3.63, 3.8) is 0 Å². The lowest BCUT2D eigenvalue weighted by molar-refractivity contribution is -0.143. The number of carbonyl (C=O) groups excluding carboxylic acids is 2. The summed E-state index contributed by atoms with van der Waals surface area (Å²) in [7, 11) is 0. The molecule has 0 fully saturated rings. The topological polar surface area (TPSA) is 58.6 Å². The van der Waals surface area contributed by atoms with Crippen LogP contribution < -0.4 is 10.4 Å². The van der Waals surface area contributed by atoms with Crippen molar-refractivity contribution in [3.8, 4) is 0 Å². The van der Waals surface area contributed by atoms with E-state index in [1.165, 1.54) is 0 Å². The highest BCUT2D eigenvalue weighted by atomic mass is 16.7. The Morgan fingerprint density at radius 3 is 1.96 bits per heavy atom. The number of hydroxylamine groups is 1. The van der Waals surface area contributed by atoms with E-state index in [0.717, 1.165) is 5.06 Å². The minimum atomic E-state index is -0.782. The number of hydrogen-bond donors (Lipinski definition) is 1. The molecular formula is C18H20N2O3. The molecule has 5 nitrogen and oxygen atoms in total. The van der Waals surface area contributed by atoms with Gasteiger partial charge in [-0.1, -0.05) is 36.4 Å². The molecule has 0 bridgehead atoms. The molecule has 23 heavy (non-hydrogen) atoms. The predicted octanol–water partition coefficient (Wildman–Crippen LogP) is 3.39. The lowest BCUT2D eigenvalue weighted by atomic mass is 10.2. The molecule has 0 saturated heterocycles. The summed E-state index contributed by atoms with van der Waals surface area (Å²) in [5.74, 6) is -1.54. The molecule has 0 unspecified atom stereocenters. The Balaban J connectivity index is 2.21. The van der Waals surface area contributed by atoms with Crippen molar-refractivity contribution in [1.29, 1.82) is 0 Å². The van der Waals surface area contributed by atoms with Crippen LogP contribution in [-0.4, -0.2) is 17.4 Å². The van der Waals surface area contributed by atoms with E-state index in [0.29, 0.717) is 11.4 Å². The van der Waals surface area contributed by atoms with Crippen molar-refractivity contribution < 1.29 is 14.4 Å². The standard InChI is InChI=1S/C18H20N2O3/c1-18(2,3)23-20(15-12-8-5-9-13-15)17(22)16(21)19-14-10-6-4-7-11-14/h4-13H,1-3H3,(H,19,21). The zero-order chi connectivity index (χ0) is 16.9. The second kappa shape index (κ2) is 7.07. The minimum Gasteiger partial charge on any atom is -0.318 e. The molecule has 0 saturated carbocycles. The summed E-state index contributed by atoms with van der Waals surface area (Å²) in [6, 6.07) is 17.6. The first kappa shape index (κ1) is 16.7. The van der Waals surface area contributed by atoms with Crippen LogP contribution in [0.3, 0.4) is 0 Å². The molecule has 0 aliphatic carbocycles. The number of hydrogen-bond acceptors (Lipinski definition) is 3. The number of benzene rings is 2. The fourth-order valence-electron chi connectivity index (χ4n) is 1.85. The number of carbonyl (C=O) groups is 2. The summed E-state index contributed by atoms with van der Waals surface area (Å²) in [6.45, 7) is 5.43. The first-order valence-corrected chi connectivity index (χ1v) is 7.31. The van der Waals surface area contributed by atoms with E-state index >= 15 is 0 Å². The largest absolute Gasteiger partial charge is 0.340 e. The van der Waals surface area contributed by atoms with Gasteiger partial charge in [-0.2, -0.15) is 5.06 Å². The van der Waals surface area contributed by atoms with Crippen molar-refractivity contribution in [2.45, 2.75) is 26.4 Å². The molecule has 2 rings (SSSR count). The molecule has 0 radical (unpaired) electrons. The monoisotopic (exact) mass is 312 g/mol. The summed E-state index contributed by atoms with van der Waals surface area (Å²) in [5.41, 5.74) is 0.420. The Bertz CT molecular complexity index is 664. The van der Waals surface area contributed by atoms with Gasteiger partial charge >= 0.3 is 11.8 Å². The zero-order valence-corrected chi connectivity index (χ0v) is 13.4. The first-order valence-electron chi connectivity index (χ1n) is 7.31. The highest BCUT2D eigenvalue weighted by Crippen LogP contribution is 2.20. The van der Waals surface area contributed by atoms with Crippen molar-refractivity contribution >= 4 is 23.2 Å². The molecule has 1 N–H and O–H groups in total. The van der Waals surface area contributed by atoms with E-state index in [1.54, 1.807) is 48.5 Å². The second-order valence-electron chi connectivity index (χ2n) is 5.96. The summed E-state index contributed by atoms with van der Waals surface area (Å²) in [4.78, 5) is 30.4. The molecule has 0 aromatic heterocycles. The number of rotatable bonds is 3. The maximum atomic E-state index is 12.5. The van der Waals surface area contributed by atoms with Gasteiger partial charge in [0.25, 0.3) is 0 Å². The van der Waals surface area contributed by atoms with Crippen LogP contribution in [0.4, 0.5) is 11.4 Å². The van der Waals surface area contributed by atoms with E-state index < -0.39 is 17.4 Å². The zero-order valence-electron chi connectivity index (χ0n) is 13.4. The summed E-state index contributed by atoms with van der Waals surface area (Å²) in [5, 5.41) is 3.59. The first-order chi connectivity index (χ1) is 10.9. The number of nitrogens with zero attached hydrogens (tertiary/aromatic N) is 1. The van der Waals surface area contributed by atoms with Gasteiger partial charge in [-0.05, 0) is 45.0 Å². The average molecular weight is 312 g/mol. The fourth-order valence-corrected chi connectivity index (χ4v) is 1.85. The number of anilines is 2. The van der Waals surface area contributed by atoms with Crippen LogP contribution >= 0.6 is 0 Å². The van der Waals surface area contributed by atoms with Crippen LogP contribution in [0.15, 0.2) is 60.7 Å². The number of amides is 2. The Labute approximate surface area is 135 Å². The molecule has 2 aromatic rings. The van der Waals surface area contributed by atoms with Gasteiger partial charge in [0.15, 0.2) is 0 Å². The van der Waals surface area contributed by atoms with E-state index in [9.17, 15) is 9.59 Å². The average Bonchev–Trinajstić information content (AvgIpc) is 2.53. The van der Waals surface area contributed by atoms with Crippen molar-refractivity contribution in [3.05, 3.63) is 60.7 Å². The maximum absolute atomic E-state index is 12.5. The smallest absolute Gasteiger partial charge is 0.318 e. The lowest BCUT2D eigenvalue weighted by Gasteiger charge is -2.29. The van der Waals surface area contributed by atoms with Gasteiger partial charge < -0.3 is 5.32 Å². The summed E-state index contributed by atoms with van der Waals surface area (Å²) < 4.78 is 0. The molecule has 120 valence electrons. The van der Waals surface area contributed by atoms with E-state index in [4.69, 9.17) is 4.84 Å². The number of nitrogens with one attached hydrogen (secondary N) is 1. The molecule has 0 atom stereocenters. The van der Waals surface area contributed by atoms with Gasteiger partial charge in [0, 0.05) is 5.69 Å². The number of para-hydroxylation sites is 2. The lowest BCUT2D eigenvalue weighted by Crippen LogP contribution is -2.44. The van der Waals surface area contributed by atoms with Crippen LogP contribution in [0, 0.1) is 0 Å². The summed E-state index contributed by atoms with van der Waals surface area (Å²) >= 11 is 0. The van der Waals surface area contributed by atoms with Gasteiger partial charge in [0.2, 0.25) is 0 Å². The van der Waals surface area contributed by atoms with Crippen molar-refractivity contribution in [1.82, 2.24) is 0 Å². The van der Waals surface area contributed by atoms with Gasteiger partial charge in [-0.15, -0.1) is 0 Å². The van der Waals surface area contributed by atoms with Crippen LogP contribution in [0.2, 0.25) is 0 Å². The van der Waals surface area contributed by atoms with Gasteiger partial charge in [0.1, 0.15) is 0 Å². The van der Waals surface area contributed by atoms with Crippen molar-refractivity contribution in [2.24, 2.45) is 0 Å². The van der Waals surface area contributed by atoms with Crippen LogP contribution in [0.1, 0.15) is 20.8 Å². The molecule has 5 heteroatoms. The van der Waals surface area contributed by atoms with Gasteiger partial charge in [-0.3, -0.25) is 14.4 Å². The minimum absolute atomic E-state index is 0.496. The second-order valence-corrected chi connectivity index (χ2v) is 5.96. The SMILES string of the molecule is CC(C)(C)ON(C(=O)C(=O)Nc1ccccc1)c1ccccc1. The molecule has 2 amide bonds. The highest BCUT2D eigenvalue weighted by molar-refractivity contribution is 6.43. The Morgan fingerprint density at radius 1 is 0.913 bits per heavy atom. The van der Waals surface area contributed by atoms with Crippen LogP contribution in [0.5, 0.6) is 0 Å². The molecule has 0 spiro atoms. The van der Waals surface area contributed by atoms with Crippen LogP contribution in [0.25, 0.3) is 0 Å². The Hall–Kier alpha value is -2.66. The quantitative estimate of drug-likeness (QED) is 0.698. The van der Waals surface area contributed by atoms with Gasteiger partial charge in [0.05, 0.1) is 11.3 Å². The molecule has 0 aliphatic heterocycles. The maximum Gasteiger partial charge on any atom is 0.340 e. The molecular weight excluding hydrogens is 292 g/mol. The predicted molar refractivity (Wildman–Crippen MR) is 89.8 cm³/mol.